The SMILES string of the molecule is CCOc1cccc2c1CC(N)C2OCCC(O)OCC. The molecule has 0 saturated heterocycles. The maximum atomic E-state index is 9.54. The monoisotopic (exact) mass is 295 g/mol. The number of fused-ring (bicyclic) bond motifs is 1. The van der Waals surface area contributed by atoms with Crippen LogP contribution in [-0.4, -0.2) is 37.3 Å². The number of aliphatic hydroxyl groups excluding tert-OH is 1. The molecule has 0 radical (unpaired) electrons. The Bertz CT molecular complexity index is 452. The highest BCUT2D eigenvalue weighted by Crippen LogP contribution is 2.38. The molecule has 1 aromatic rings. The molecule has 0 saturated carbocycles. The maximum Gasteiger partial charge on any atom is 0.156 e. The zero-order chi connectivity index (χ0) is 15.2. The molecule has 5 heteroatoms. The van der Waals surface area contributed by atoms with Crippen LogP contribution in [0.25, 0.3) is 0 Å². The molecule has 0 bridgehead atoms. The lowest BCUT2D eigenvalue weighted by atomic mass is 10.1. The van der Waals surface area contributed by atoms with E-state index in [0.29, 0.717) is 26.2 Å². The Morgan fingerprint density at radius 3 is 2.86 bits per heavy atom. The number of hydrogen-bond acceptors (Lipinski definition) is 5. The number of benzene rings is 1. The highest BCUT2D eigenvalue weighted by atomic mass is 16.6. The van der Waals surface area contributed by atoms with Gasteiger partial charge in [-0.2, -0.15) is 0 Å². The first-order chi connectivity index (χ1) is 10.2. The van der Waals surface area contributed by atoms with Gasteiger partial charge in [-0.05, 0) is 31.9 Å². The maximum absolute atomic E-state index is 9.54. The average Bonchev–Trinajstić information content (AvgIpc) is 2.77. The average molecular weight is 295 g/mol. The standard InChI is InChI=1S/C16H25NO4/c1-3-19-14-7-5-6-11-12(14)10-13(17)16(11)21-9-8-15(18)20-4-2/h5-7,13,15-16,18H,3-4,8-10,17H2,1-2H3. The van der Waals surface area contributed by atoms with Crippen molar-refractivity contribution >= 4 is 0 Å². The molecule has 2 rings (SSSR count). The van der Waals surface area contributed by atoms with Gasteiger partial charge in [-0.15, -0.1) is 0 Å². The summed E-state index contributed by atoms with van der Waals surface area (Å²) in [5.41, 5.74) is 8.43. The highest BCUT2D eigenvalue weighted by molar-refractivity contribution is 5.46. The predicted octanol–water partition coefficient (Wildman–Crippen LogP) is 1.77. The van der Waals surface area contributed by atoms with Crippen molar-refractivity contribution in [2.75, 3.05) is 19.8 Å². The van der Waals surface area contributed by atoms with Crippen LogP contribution in [-0.2, 0) is 15.9 Å². The van der Waals surface area contributed by atoms with Gasteiger partial charge in [0.1, 0.15) is 5.75 Å². The Morgan fingerprint density at radius 2 is 2.14 bits per heavy atom. The summed E-state index contributed by atoms with van der Waals surface area (Å²) in [5.74, 6) is 0.894. The Hall–Kier alpha value is -1.14. The van der Waals surface area contributed by atoms with E-state index < -0.39 is 6.29 Å². The Balaban J connectivity index is 1.98. The second-order valence-corrected chi connectivity index (χ2v) is 5.11. The molecule has 0 spiro atoms. The van der Waals surface area contributed by atoms with E-state index in [0.717, 1.165) is 23.3 Å². The largest absolute Gasteiger partial charge is 0.494 e. The van der Waals surface area contributed by atoms with E-state index >= 15 is 0 Å². The molecule has 118 valence electrons. The second-order valence-electron chi connectivity index (χ2n) is 5.11. The molecule has 21 heavy (non-hydrogen) atoms. The Kier molecular flexibility index (Phi) is 5.99. The van der Waals surface area contributed by atoms with Crippen molar-refractivity contribution in [1.82, 2.24) is 0 Å². The van der Waals surface area contributed by atoms with Crippen molar-refractivity contribution in [3.05, 3.63) is 29.3 Å². The third-order valence-corrected chi connectivity index (χ3v) is 3.63. The minimum absolute atomic E-state index is 0.0779. The van der Waals surface area contributed by atoms with Crippen LogP contribution in [0.15, 0.2) is 18.2 Å². The first kappa shape index (κ1) is 16.2. The second kappa shape index (κ2) is 7.75. The van der Waals surface area contributed by atoms with Crippen LogP contribution in [0.3, 0.4) is 0 Å². The van der Waals surface area contributed by atoms with E-state index in [9.17, 15) is 5.11 Å². The summed E-state index contributed by atoms with van der Waals surface area (Å²) in [6.07, 6.45) is 0.276. The summed E-state index contributed by atoms with van der Waals surface area (Å²) in [6, 6.07) is 5.89. The smallest absolute Gasteiger partial charge is 0.156 e. The third-order valence-electron chi connectivity index (χ3n) is 3.63. The summed E-state index contributed by atoms with van der Waals surface area (Å²) >= 11 is 0. The molecular weight excluding hydrogens is 270 g/mol. The summed E-state index contributed by atoms with van der Waals surface area (Å²) in [4.78, 5) is 0. The van der Waals surface area contributed by atoms with Crippen LogP contribution < -0.4 is 10.5 Å². The minimum atomic E-state index is -0.776. The van der Waals surface area contributed by atoms with Crippen molar-refractivity contribution in [3.63, 3.8) is 0 Å². The Morgan fingerprint density at radius 1 is 1.33 bits per heavy atom. The number of rotatable bonds is 8. The molecule has 3 atom stereocenters. The van der Waals surface area contributed by atoms with Crippen molar-refractivity contribution in [2.24, 2.45) is 5.73 Å². The lowest BCUT2D eigenvalue weighted by molar-refractivity contribution is -0.114. The van der Waals surface area contributed by atoms with Crippen molar-refractivity contribution in [1.29, 1.82) is 0 Å². The molecule has 3 N–H and O–H groups in total. The van der Waals surface area contributed by atoms with Crippen LogP contribution in [0.4, 0.5) is 0 Å². The van der Waals surface area contributed by atoms with E-state index in [-0.39, 0.29) is 12.1 Å². The van der Waals surface area contributed by atoms with Crippen LogP contribution >= 0.6 is 0 Å². The first-order valence-electron chi connectivity index (χ1n) is 7.58. The fourth-order valence-electron chi connectivity index (χ4n) is 2.72. The fraction of sp³-hybridized carbons (Fsp3) is 0.625. The van der Waals surface area contributed by atoms with Gasteiger partial charge in [0, 0.05) is 24.6 Å². The summed E-state index contributed by atoms with van der Waals surface area (Å²) in [7, 11) is 0. The van der Waals surface area contributed by atoms with Gasteiger partial charge in [0.15, 0.2) is 6.29 Å². The molecule has 5 nitrogen and oxygen atoms in total. The predicted molar refractivity (Wildman–Crippen MR) is 80.2 cm³/mol. The van der Waals surface area contributed by atoms with Crippen LogP contribution in [0.5, 0.6) is 5.75 Å². The zero-order valence-electron chi connectivity index (χ0n) is 12.7. The Labute approximate surface area is 126 Å². The minimum Gasteiger partial charge on any atom is -0.494 e. The molecular formula is C16H25NO4. The van der Waals surface area contributed by atoms with E-state index in [4.69, 9.17) is 19.9 Å². The van der Waals surface area contributed by atoms with Crippen LogP contribution in [0, 0.1) is 0 Å². The molecule has 0 fully saturated rings. The molecule has 0 amide bonds. The van der Waals surface area contributed by atoms with Gasteiger partial charge in [0.05, 0.1) is 19.3 Å². The van der Waals surface area contributed by atoms with E-state index in [1.165, 1.54) is 0 Å². The lowest BCUT2D eigenvalue weighted by Gasteiger charge is -2.19. The van der Waals surface area contributed by atoms with Gasteiger partial charge in [-0.25, -0.2) is 0 Å². The van der Waals surface area contributed by atoms with Gasteiger partial charge in [0.2, 0.25) is 0 Å². The third kappa shape index (κ3) is 3.95. The summed E-state index contributed by atoms with van der Waals surface area (Å²) < 4.78 is 16.6. The van der Waals surface area contributed by atoms with Gasteiger partial charge in [-0.3, -0.25) is 0 Å². The van der Waals surface area contributed by atoms with Crippen molar-refractivity contribution in [2.45, 2.75) is 45.1 Å². The van der Waals surface area contributed by atoms with Crippen molar-refractivity contribution < 1.29 is 19.3 Å². The molecule has 0 aromatic heterocycles. The number of aliphatic hydroxyl groups is 1. The van der Waals surface area contributed by atoms with Crippen LogP contribution in [0.2, 0.25) is 0 Å². The highest BCUT2D eigenvalue weighted by Gasteiger charge is 2.32. The first-order valence-corrected chi connectivity index (χ1v) is 7.58. The lowest BCUT2D eigenvalue weighted by Crippen LogP contribution is -2.27. The van der Waals surface area contributed by atoms with E-state index in [2.05, 4.69) is 0 Å². The number of hydrogen-bond donors (Lipinski definition) is 2. The topological polar surface area (TPSA) is 73.9 Å². The zero-order valence-corrected chi connectivity index (χ0v) is 12.7. The molecule has 0 aliphatic heterocycles. The molecule has 1 aromatic carbocycles. The van der Waals surface area contributed by atoms with E-state index in [1.54, 1.807) is 0 Å². The molecule has 3 unspecified atom stereocenters. The van der Waals surface area contributed by atoms with Gasteiger partial charge in [0.25, 0.3) is 0 Å². The summed E-state index contributed by atoms with van der Waals surface area (Å²) in [6.45, 7) is 5.36. The summed E-state index contributed by atoms with van der Waals surface area (Å²) in [5, 5.41) is 9.54. The van der Waals surface area contributed by atoms with Crippen molar-refractivity contribution in [3.8, 4) is 5.75 Å². The van der Waals surface area contributed by atoms with Gasteiger partial charge in [-0.1, -0.05) is 12.1 Å². The van der Waals surface area contributed by atoms with Gasteiger partial charge < -0.3 is 25.1 Å². The van der Waals surface area contributed by atoms with E-state index in [1.807, 2.05) is 32.0 Å². The quantitative estimate of drug-likeness (QED) is 0.715. The molecule has 1 aliphatic rings. The number of nitrogens with two attached hydrogens (primary N) is 1. The molecule has 0 heterocycles. The number of ether oxygens (including phenoxy) is 3. The normalized spacial score (nSPS) is 22.1. The fourth-order valence-corrected chi connectivity index (χ4v) is 2.72. The van der Waals surface area contributed by atoms with Crippen LogP contribution in [0.1, 0.15) is 37.5 Å². The molecule has 1 aliphatic carbocycles. The van der Waals surface area contributed by atoms with Gasteiger partial charge >= 0.3 is 0 Å².